The Kier molecular flexibility index (Phi) is 4.29. The fourth-order valence-corrected chi connectivity index (χ4v) is 2.01. The van der Waals surface area contributed by atoms with Gasteiger partial charge < -0.3 is 15.2 Å². The number of aryl methyl sites for hydroxylation is 2. The van der Waals surface area contributed by atoms with Crippen molar-refractivity contribution >= 4 is 17.4 Å². The van der Waals surface area contributed by atoms with E-state index in [0.29, 0.717) is 33.9 Å². The molecule has 0 aliphatic heterocycles. The molecule has 0 spiro atoms. The van der Waals surface area contributed by atoms with Crippen molar-refractivity contribution < 1.29 is 9.47 Å². The van der Waals surface area contributed by atoms with Gasteiger partial charge in [0.05, 0.1) is 18.3 Å². The molecule has 0 amide bonds. The normalized spacial score (nSPS) is 10.4. The Morgan fingerprint density at radius 1 is 1.25 bits per heavy atom. The summed E-state index contributed by atoms with van der Waals surface area (Å²) in [5.74, 6) is 2.54. The van der Waals surface area contributed by atoms with Gasteiger partial charge in [0.25, 0.3) is 0 Å². The molecule has 6 heteroatoms. The SMILES string of the molecule is CCc1cc(OC)c(Cl)cc1Oc1cnc(C)nc1N. The summed E-state index contributed by atoms with van der Waals surface area (Å²) in [6.45, 7) is 3.78. The molecule has 1 aromatic heterocycles. The third-order valence-electron chi connectivity index (χ3n) is 2.84. The van der Waals surface area contributed by atoms with Gasteiger partial charge >= 0.3 is 0 Å². The van der Waals surface area contributed by atoms with E-state index in [1.807, 2.05) is 13.0 Å². The fraction of sp³-hybridized carbons (Fsp3) is 0.286. The number of aromatic nitrogens is 2. The number of rotatable bonds is 4. The monoisotopic (exact) mass is 293 g/mol. The van der Waals surface area contributed by atoms with E-state index in [-0.39, 0.29) is 0 Å². The molecule has 2 rings (SSSR count). The van der Waals surface area contributed by atoms with Crippen LogP contribution in [-0.4, -0.2) is 17.1 Å². The Morgan fingerprint density at radius 2 is 2.00 bits per heavy atom. The van der Waals surface area contributed by atoms with E-state index in [2.05, 4.69) is 9.97 Å². The van der Waals surface area contributed by atoms with Gasteiger partial charge in [-0.2, -0.15) is 0 Å². The second-order valence-corrected chi connectivity index (χ2v) is 4.62. The average Bonchev–Trinajstić information content (AvgIpc) is 2.42. The minimum Gasteiger partial charge on any atom is -0.495 e. The van der Waals surface area contributed by atoms with Crippen molar-refractivity contribution in [1.82, 2.24) is 9.97 Å². The Hall–Kier alpha value is -2.01. The highest BCUT2D eigenvalue weighted by molar-refractivity contribution is 6.32. The third-order valence-corrected chi connectivity index (χ3v) is 3.13. The molecule has 0 aliphatic rings. The average molecular weight is 294 g/mol. The van der Waals surface area contributed by atoms with Crippen LogP contribution in [0.3, 0.4) is 0 Å². The fourth-order valence-electron chi connectivity index (χ4n) is 1.78. The smallest absolute Gasteiger partial charge is 0.187 e. The summed E-state index contributed by atoms with van der Waals surface area (Å²) >= 11 is 6.12. The van der Waals surface area contributed by atoms with Crippen molar-refractivity contribution in [2.75, 3.05) is 12.8 Å². The maximum Gasteiger partial charge on any atom is 0.187 e. The Labute approximate surface area is 122 Å². The predicted octanol–water partition coefficient (Wildman–Crippen LogP) is 3.38. The van der Waals surface area contributed by atoms with Gasteiger partial charge in [-0.05, 0) is 25.0 Å². The number of nitrogens with two attached hydrogens (primary N) is 1. The van der Waals surface area contributed by atoms with Gasteiger partial charge in [0.2, 0.25) is 0 Å². The van der Waals surface area contributed by atoms with Crippen molar-refractivity contribution in [2.24, 2.45) is 0 Å². The maximum absolute atomic E-state index is 6.12. The van der Waals surface area contributed by atoms with Crippen molar-refractivity contribution in [3.05, 3.63) is 34.7 Å². The molecule has 2 N–H and O–H groups in total. The predicted molar refractivity (Wildman–Crippen MR) is 78.6 cm³/mol. The van der Waals surface area contributed by atoms with Gasteiger partial charge in [0, 0.05) is 6.07 Å². The Bertz CT molecular complexity index is 632. The molecule has 5 nitrogen and oxygen atoms in total. The van der Waals surface area contributed by atoms with Gasteiger partial charge in [-0.25, -0.2) is 9.97 Å². The molecule has 1 heterocycles. The number of halogens is 1. The summed E-state index contributed by atoms with van der Waals surface area (Å²) in [5, 5.41) is 0.478. The number of nitrogen functional groups attached to an aromatic ring is 1. The highest BCUT2D eigenvalue weighted by Crippen LogP contribution is 2.36. The molecule has 20 heavy (non-hydrogen) atoms. The number of anilines is 1. The Balaban J connectivity index is 2.40. The number of benzene rings is 1. The molecule has 0 aliphatic carbocycles. The first-order chi connectivity index (χ1) is 9.55. The summed E-state index contributed by atoms with van der Waals surface area (Å²) < 4.78 is 11.0. The molecule has 0 saturated heterocycles. The summed E-state index contributed by atoms with van der Waals surface area (Å²) in [7, 11) is 1.58. The minimum atomic E-state index is 0.298. The first kappa shape index (κ1) is 14.4. The van der Waals surface area contributed by atoms with Crippen LogP contribution in [-0.2, 0) is 6.42 Å². The van der Waals surface area contributed by atoms with E-state index in [9.17, 15) is 0 Å². The van der Waals surface area contributed by atoms with Crippen LogP contribution < -0.4 is 15.2 Å². The van der Waals surface area contributed by atoms with Gasteiger partial charge in [-0.3, -0.25) is 0 Å². The first-order valence-corrected chi connectivity index (χ1v) is 6.56. The quantitative estimate of drug-likeness (QED) is 0.935. The summed E-state index contributed by atoms with van der Waals surface area (Å²) in [5.41, 5.74) is 6.79. The van der Waals surface area contributed by atoms with E-state index < -0.39 is 0 Å². The van der Waals surface area contributed by atoms with Crippen molar-refractivity contribution in [3.63, 3.8) is 0 Å². The lowest BCUT2D eigenvalue weighted by atomic mass is 10.1. The van der Waals surface area contributed by atoms with Crippen molar-refractivity contribution in [2.45, 2.75) is 20.3 Å². The molecular weight excluding hydrogens is 278 g/mol. The number of hydrogen-bond donors (Lipinski definition) is 1. The van der Waals surface area contributed by atoms with Crippen LogP contribution in [0.4, 0.5) is 5.82 Å². The Morgan fingerprint density at radius 3 is 2.60 bits per heavy atom. The zero-order chi connectivity index (χ0) is 14.7. The second-order valence-electron chi connectivity index (χ2n) is 4.22. The first-order valence-electron chi connectivity index (χ1n) is 6.18. The van der Waals surface area contributed by atoms with Crippen molar-refractivity contribution in [1.29, 1.82) is 0 Å². The van der Waals surface area contributed by atoms with Crippen LogP contribution in [0.25, 0.3) is 0 Å². The number of hydrogen-bond acceptors (Lipinski definition) is 5. The molecule has 2 aromatic rings. The van der Waals surface area contributed by atoms with Crippen LogP contribution in [0.5, 0.6) is 17.2 Å². The molecular formula is C14H16ClN3O2. The zero-order valence-electron chi connectivity index (χ0n) is 11.6. The van der Waals surface area contributed by atoms with Crippen LogP contribution >= 0.6 is 11.6 Å². The third kappa shape index (κ3) is 2.93. The molecule has 0 atom stereocenters. The zero-order valence-corrected chi connectivity index (χ0v) is 12.4. The minimum absolute atomic E-state index is 0.298. The maximum atomic E-state index is 6.12. The lowest BCUT2D eigenvalue weighted by molar-refractivity contribution is 0.412. The van der Waals surface area contributed by atoms with E-state index in [1.54, 1.807) is 26.3 Å². The standard InChI is InChI=1S/C14H16ClN3O2/c1-4-9-5-12(19-3)10(15)6-11(9)20-13-7-17-8(2)18-14(13)16/h5-7H,4H2,1-3H3,(H2,16,17,18). The van der Waals surface area contributed by atoms with E-state index in [0.717, 1.165) is 12.0 Å². The number of methoxy groups -OCH3 is 1. The van der Waals surface area contributed by atoms with Gasteiger partial charge in [0.15, 0.2) is 11.6 Å². The van der Waals surface area contributed by atoms with Crippen LogP contribution in [0.15, 0.2) is 18.3 Å². The molecule has 0 unspecified atom stereocenters. The summed E-state index contributed by atoms with van der Waals surface area (Å²) in [6.07, 6.45) is 2.32. The van der Waals surface area contributed by atoms with Crippen LogP contribution in [0, 0.1) is 6.92 Å². The second kappa shape index (κ2) is 5.96. The molecule has 0 saturated carbocycles. The number of nitrogens with zero attached hydrogens (tertiary/aromatic N) is 2. The lowest BCUT2D eigenvalue weighted by Crippen LogP contribution is -2.00. The van der Waals surface area contributed by atoms with Crippen LogP contribution in [0.1, 0.15) is 18.3 Å². The summed E-state index contributed by atoms with van der Waals surface area (Å²) in [4.78, 5) is 8.14. The van der Waals surface area contributed by atoms with E-state index >= 15 is 0 Å². The van der Waals surface area contributed by atoms with Crippen LogP contribution in [0.2, 0.25) is 5.02 Å². The largest absolute Gasteiger partial charge is 0.495 e. The molecule has 106 valence electrons. The van der Waals surface area contributed by atoms with Gasteiger partial charge in [0.1, 0.15) is 17.3 Å². The molecule has 1 aromatic carbocycles. The van der Waals surface area contributed by atoms with E-state index in [4.69, 9.17) is 26.8 Å². The topological polar surface area (TPSA) is 70.3 Å². The molecule has 0 radical (unpaired) electrons. The van der Waals surface area contributed by atoms with E-state index in [1.165, 1.54) is 0 Å². The molecule has 0 bridgehead atoms. The van der Waals surface area contributed by atoms with Gasteiger partial charge in [-0.15, -0.1) is 0 Å². The lowest BCUT2D eigenvalue weighted by Gasteiger charge is -2.13. The summed E-state index contributed by atoms with van der Waals surface area (Å²) in [6, 6.07) is 3.56. The highest BCUT2D eigenvalue weighted by Gasteiger charge is 2.12. The highest BCUT2D eigenvalue weighted by atomic mass is 35.5. The molecule has 0 fully saturated rings. The van der Waals surface area contributed by atoms with Crippen molar-refractivity contribution in [3.8, 4) is 17.2 Å². The number of ether oxygens (including phenoxy) is 2. The van der Waals surface area contributed by atoms with Gasteiger partial charge in [-0.1, -0.05) is 18.5 Å².